The Morgan fingerprint density at radius 2 is 1.94 bits per heavy atom. The zero-order valence-corrected chi connectivity index (χ0v) is 20.0. The average molecular weight is 474 g/mol. The normalized spacial score (nSPS) is 13.2. The fourth-order valence-corrected chi connectivity index (χ4v) is 5.06. The van der Waals surface area contributed by atoms with Crippen molar-refractivity contribution < 1.29 is 9.53 Å². The lowest BCUT2D eigenvalue weighted by Gasteiger charge is -2.08. The Hall–Kier alpha value is -3.52. The number of rotatable bonds is 7. The van der Waals surface area contributed by atoms with Gasteiger partial charge in [-0.3, -0.25) is 4.79 Å². The first-order valence-electron chi connectivity index (χ1n) is 11.7. The molecule has 1 amide bonds. The lowest BCUT2D eigenvalue weighted by molar-refractivity contribution is -0.115. The molecule has 0 saturated carbocycles. The lowest BCUT2D eigenvalue weighted by atomic mass is 10.2. The molecule has 0 radical (unpaired) electrons. The van der Waals surface area contributed by atoms with E-state index >= 15 is 0 Å². The number of hydrogen-bond donors (Lipinski definition) is 1. The van der Waals surface area contributed by atoms with Crippen molar-refractivity contribution in [2.75, 3.05) is 11.9 Å². The number of carbonyl (C=O) groups excluding carboxylic acids is 1. The average Bonchev–Trinajstić information content (AvgIpc) is 3.40. The van der Waals surface area contributed by atoms with Crippen molar-refractivity contribution in [2.24, 2.45) is 0 Å². The molecule has 5 rings (SSSR count). The molecule has 1 N–H and O–H groups in total. The standard InChI is InChI=1S/C26H27N5O2S/c1-2-33-22-9-6-5-8-21(22)26-28-20(17-34-26)16-24(32)27-19-13-11-18(12-14-19)25-30-29-23-10-4-3-7-15-31(23)25/h5-6,8-9,11-14,17H,2-4,7,10,15-16H2,1H3,(H,27,32). The molecular weight excluding hydrogens is 446 g/mol. The quantitative estimate of drug-likeness (QED) is 0.390. The number of thiazole rings is 1. The summed E-state index contributed by atoms with van der Waals surface area (Å²) in [6.45, 7) is 3.51. The number of aryl methyl sites for hydroxylation is 1. The van der Waals surface area contributed by atoms with Crippen LogP contribution in [0.25, 0.3) is 22.0 Å². The Balaban J connectivity index is 1.24. The van der Waals surface area contributed by atoms with Gasteiger partial charge in [-0.1, -0.05) is 18.6 Å². The summed E-state index contributed by atoms with van der Waals surface area (Å²) < 4.78 is 7.94. The smallest absolute Gasteiger partial charge is 0.230 e. The Morgan fingerprint density at radius 1 is 1.09 bits per heavy atom. The van der Waals surface area contributed by atoms with Crippen LogP contribution in [-0.4, -0.2) is 32.3 Å². The van der Waals surface area contributed by atoms with Crippen molar-refractivity contribution in [3.63, 3.8) is 0 Å². The summed E-state index contributed by atoms with van der Waals surface area (Å²) in [6.07, 6.45) is 4.75. The number of ether oxygens (including phenoxy) is 1. The minimum atomic E-state index is -0.0981. The molecule has 0 aliphatic carbocycles. The maximum atomic E-state index is 12.6. The van der Waals surface area contributed by atoms with E-state index in [0.717, 1.165) is 64.3 Å². The van der Waals surface area contributed by atoms with Crippen LogP contribution in [0.3, 0.4) is 0 Å². The van der Waals surface area contributed by atoms with E-state index in [4.69, 9.17) is 4.74 Å². The molecule has 2 aromatic heterocycles. The summed E-state index contributed by atoms with van der Waals surface area (Å²) in [7, 11) is 0. The maximum absolute atomic E-state index is 12.6. The minimum absolute atomic E-state index is 0.0981. The van der Waals surface area contributed by atoms with Gasteiger partial charge in [0.1, 0.15) is 16.6 Å². The predicted octanol–water partition coefficient (Wildman–Crippen LogP) is 5.37. The Bertz CT molecular complexity index is 1280. The summed E-state index contributed by atoms with van der Waals surface area (Å²) in [5, 5.41) is 14.5. The van der Waals surface area contributed by atoms with Crippen LogP contribution in [0.5, 0.6) is 5.75 Å². The van der Waals surface area contributed by atoms with Gasteiger partial charge in [0.05, 0.1) is 24.3 Å². The van der Waals surface area contributed by atoms with E-state index < -0.39 is 0 Å². The highest BCUT2D eigenvalue weighted by atomic mass is 32.1. The van der Waals surface area contributed by atoms with E-state index in [1.165, 1.54) is 24.2 Å². The second kappa shape index (κ2) is 10.2. The number of carbonyl (C=O) groups is 1. The van der Waals surface area contributed by atoms with Crippen molar-refractivity contribution in [1.29, 1.82) is 0 Å². The highest BCUT2D eigenvalue weighted by Crippen LogP contribution is 2.32. The van der Waals surface area contributed by atoms with Gasteiger partial charge in [-0.25, -0.2) is 4.98 Å². The number of fused-ring (bicyclic) bond motifs is 1. The van der Waals surface area contributed by atoms with Crippen LogP contribution in [0.4, 0.5) is 5.69 Å². The zero-order chi connectivity index (χ0) is 23.3. The summed E-state index contributed by atoms with van der Waals surface area (Å²) in [4.78, 5) is 17.3. The highest BCUT2D eigenvalue weighted by Gasteiger charge is 2.16. The largest absolute Gasteiger partial charge is 0.493 e. The third-order valence-corrected chi connectivity index (χ3v) is 6.77. The van der Waals surface area contributed by atoms with Gasteiger partial charge in [0.2, 0.25) is 5.91 Å². The molecule has 3 heterocycles. The molecule has 0 unspecified atom stereocenters. The first-order chi connectivity index (χ1) is 16.7. The number of benzene rings is 2. The van der Waals surface area contributed by atoms with E-state index in [0.29, 0.717) is 6.61 Å². The number of hydrogen-bond acceptors (Lipinski definition) is 6. The van der Waals surface area contributed by atoms with Crippen LogP contribution in [0.2, 0.25) is 0 Å². The maximum Gasteiger partial charge on any atom is 0.230 e. The molecule has 2 aromatic carbocycles. The molecule has 0 saturated heterocycles. The van der Waals surface area contributed by atoms with E-state index in [-0.39, 0.29) is 12.3 Å². The van der Waals surface area contributed by atoms with Gasteiger partial charge in [0.25, 0.3) is 0 Å². The first-order valence-corrected chi connectivity index (χ1v) is 12.6. The fraction of sp³-hybridized carbons (Fsp3) is 0.308. The van der Waals surface area contributed by atoms with Crippen molar-refractivity contribution >= 4 is 22.9 Å². The summed E-state index contributed by atoms with van der Waals surface area (Å²) >= 11 is 1.52. The second-order valence-electron chi connectivity index (χ2n) is 8.28. The zero-order valence-electron chi connectivity index (χ0n) is 19.2. The number of aromatic nitrogens is 4. The Labute approximate surface area is 202 Å². The van der Waals surface area contributed by atoms with Crippen molar-refractivity contribution in [2.45, 2.75) is 45.6 Å². The van der Waals surface area contributed by atoms with Crippen LogP contribution < -0.4 is 10.1 Å². The van der Waals surface area contributed by atoms with E-state index in [9.17, 15) is 4.79 Å². The molecule has 0 fully saturated rings. The molecular formula is C26H27N5O2S. The molecule has 0 bridgehead atoms. The molecule has 1 aliphatic heterocycles. The third kappa shape index (κ3) is 4.87. The van der Waals surface area contributed by atoms with Crippen molar-refractivity contribution in [3.8, 4) is 27.7 Å². The SMILES string of the molecule is CCOc1ccccc1-c1nc(CC(=O)Nc2ccc(-c3nnc4n3CCCCC4)cc2)cs1. The van der Waals surface area contributed by atoms with Crippen LogP contribution >= 0.6 is 11.3 Å². The number of amides is 1. The van der Waals surface area contributed by atoms with E-state index in [2.05, 4.69) is 25.1 Å². The third-order valence-electron chi connectivity index (χ3n) is 5.85. The van der Waals surface area contributed by atoms with Gasteiger partial charge in [-0.2, -0.15) is 0 Å². The fourth-order valence-electron chi connectivity index (χ4n) is 4.21. The van der Waals surface area contributed by atoms with Gasteiger partial charge >= 0.3 is 0 Å². The first kappa shape index (κ1) is 22.3. The molecule has 1 aliphatic rings. The predicted molar refractivity (Wildman–Crippen MR) is 134 cm³/mol. The summed E-state index contributed by atoms with van der Waals surface area (Å²) in [5.74, 6) is 2.67. The summed E-state index contributed by atoms with van der Waals surface area (Å²) in [6, 6.07) is 15.6. The van der Waals surface area contributed by atoms with E-state index in [1.54, 1.807) is 0 Å². The van der Waals surface area contributed by atoms with Crippen LogP contribution in [0.15, 0.2) is 53.9 Å². The highest BCUT2D eigenvalue weighted by molar-refractivity contribution is 7.13. The van der Waals surface area contributed by atoms with Gasteiger partial charge in [0.15, 0.2) is 5.82 Å². The molecule has 174 valence electrons. The van der Waals surface area contributed by atoms with Gasteiger partial charge in [0, 0.05) is 29.6 Å². The van der Waals surface area contributed by atoms with Crippen LogP contribution in [0.1, 0.15) is 37.7 Å². The topological polar surface area (TPSA) is 81.9 Å². The number of anilines is 1. The molecule has 7 nitrogen and oxygen atoms in total. The molecule has 34 heavy (non-hydrogen) atoms. The van der Waals surface area contributed by atoms with Gasteiger partial charge in [-0.15, -0.1) is 21.5 Å². The molecule has 0 spiro atoms. The Morgan fingerprint density at radius 3 is 2.79 bits per heavy atom. The summed E-state index contributed by atoms with van der Waals surface area (Å²) in [5.41, 5.74) is 3.45. The Kier molecular flexibility index (Phi) is 6.67. The lowest BCUT2D eigenvalue weighted by Crippen LogP contribution is -2.14. The number of para-hydroxylation sites is 1. The van der Waals surface area contributed by atoms with Crippen molar-refractivity contribution in [3.05, 3.63) is 65.4 Å². The minimum Gasteiger partial charge on any atom is -0.493 e. The molecule has 8 heteroatoms. The monoisotopic (exact) mass is 473 g/mol. The van der Waals surface area contributed by atoms with Gasteiger partial charge in [-0.05, 0) is 56.2 Å². The van der Waals surface area contributed by atoms with E-state index in [1.807, 2.05) is 60.8 Å². The number of nitrogens with zero attached hydrogens (tertiary/aromatic N) is 4. The molecule has 4 aromatic rings. The van der Waals surface area contributed by atoms with Crippen LogP contribution in [-0.2, 0) is 24.2 Å². The van der Waals surface area contributed by atoms with Gasteiger partial charge < -0.3 is 14.6 Å². The molecule has 0 atom stereocenters. The van der Waals surface area contributed by atoms with Crippen molar-refractivity contribution in [1.82, 2.24) is 19.7 Å². The second-order valence-corrected chi connectivity index (χ2v) is 9.14. The number of nitrogens with one attached hydrogen (secondary N) is 1. The van der Waals surface area contributed by atoms with Crippen LogP contribution in [0, 0.1) is 0 Å².